The highest BCUT2D eigenvalue weighted by molar-refractivity contribution is 6.14. The molecule has 0 spiro atoms. The zero-order chi connectivity index (χ0) is 24.5. The smallest absolute Gasteiger partial charge is 0.303 e. The fourth-order valence-corrected chi connectivity index (χ4v) is 3.37. The molecule has 3 aromatic rings. The second-order valence-corrected chi connectivity index (χ2v) is 7.96. The predicted molar refractivity (Wildman–Crippen MR) is 130 cm³/mol. The topological polar surface area (TPSA) is 113 Å². The molecule has 3 N–H and O–H groups in total. The molecule has 0 fully saturated rings. The van der Waals surface area contributed by atoms with Crippen LogP contribution in [0.3, 0.4) is 0 Å². The lowest BCUT2D eigenvalue weighted by molar-refractivity contribution is -0.137. The van der Waals surface area contributed by atoms with Crippen LogP contribution in [0.15, 0.2) is 72.8 Å². The SMILES string of the molecule is Cc1ccc(CC(=O)Nc2ccc(NC(=O)CCCC(=O)O)cc2C(=O)c2ccccc2)cc1. The highest BCUT2D eigenvalue weighted by Gasteiger charge is 2.17. The molecular formula is C27H26N2O5. The van der Waals surface area contributed by atoms with Gasteiger partial charge in [0.1, 0.15) is 0 Å². The Bertz CT molecular complexity index is 1190. The van der Waals surface area contributed by atoms with Crippen LogP contribution in [0.2, 0.25) is 0 Å². The zero-order valence-electron chi connectivity index (χ0n) is 18.8. The van der Waals surface area contributed by atoms with Crippen LogP contribution in [0.5, 0.6) is 0 Å². The summed E-state index contributed by atoms with van der Waals surface area (Å²) in [4.78, 5) is 48.7. The number of anilines is 2. The number of aryl methyl sites for hydroxylation is 1. The third-order valence-electron chi connectivity index (χ3n) is 5.14. The lowest BCUT2D eigenvalue weighted by Crippen LogP contribution is -2.18. The van der Waals surface area contributed by atoms with Gasteiger partial charge in [0.15, 0.2) is 5.78 Å². The molecule has 2 amide bonds. The van der Waals surface area contributed by atoms with Gasteiger partial charge in [-0.2, -0.15) is 0 Å². The van der Waals surface area contributed by atoms with Gasteiger partial charge in [-0.1, -0.05) is 60.2 Å². The second kappa shape index (κ2) is 11.6. The lowest BCUT2D eigenvalue weighted by Gasteiger charge is -2.14. The molecular weight excluding hydrogens is 432 g/mol. The quantitative estimate of drug-likeness (QED) is 0.384. The summed E-state index contributed by atoms with van der Waals surface area (Å²) in [6.07, 6.45) is 0.311. The molecule has 0 aliphatic heterocycles. The molecule has 7 heteroatoms. The van der Waals surface area contributed by atoms with Crippen molar-refractivity contribution in [1.82, 2.24) is 0 Å². The first kappa shape index (κ1) is 24.4. The van der Waals surface area contributed by atoms with Crippen molar-refractivity contribution in [3.8, 4) is 0 Å². The van der Waals surface area contributed by atoms with Gasteiger partial charge in [0, 0.05) is 29.7 Å². The summed E-state index contributed by atoms with van der Waals surface area (Å²) in [5.41, 5.74) is 3.36. The Hall–Kier alpha value is -4.26. The van der Waals surface area contributed by atoms with E-state index in [0.717, 1.165) is 11.1 Å². The van der Waals surface area contributed by atoms with Gasteiger partial charge in [0.2, 0.25) is 11.8 Å². The second-order valence-electron chi connectivity index (χ2n) is 7.96. The molecule has 0 aliphatic carbocycles. The third kappa shape index (κ3) is 7.13. The van der Waals surface area contributed by atoms with E-state index in [2.05, 4.69) is 10.6 Å². The maximum absolute atomic E-state index is 13.2. The largest absolute Gasteiger partial charge is 0.481 e. The molecule has 0 atom stereocenters. The van der Waals surface area contributed by atoms with Gasteiger partial charge < -0.3 is 15.7 Å². The van der Waals surface area contributed by atoms with E-state index in [-0.39, 0.29) is 48.8 Å². The molecule has 0 saturated heterocycles. The molecule has 7 nitrogen and oxygen atoms in total. The number of ketones is 1. The number of amides is 2. The van der Waals surface area contributed by atoms with Crippen LogP contribution >= 0.6 is 0 Å². The summed E-state index contributed by atoms with van der Waals surface area (Å²) in [5, 5.41) is 14.2. The van der Waals surface area contributed by atoms with Crippen LogP contribution in [-0.4, -0.2) is 28.7 Å². The van der Waals surface area contributed by atoms with E-state index in [1.165, 1.54) is 6.07 Å². The number of carbonyl (C=O) groups excluding carboxylic acids is 3. The minimum Gasteiger partial charge on any atom is -0.481 e. The number of carboxylic acids is 1. The van der Waals surface area contributed by atoms with Crippen molar-refractivity contribution in [3.63, 3.8) is 0 Å². The minimum atomic E-state index is -0.964. The van der Waals surface area contributed by atoms with Gasteiger partial charge in [0.05, 0.1) is 12.1 Å². The minimum absolute atomic E-state index is 0.0449. The zero-order valence-corrected chi connectivity index (χ0v) is 18.8. The van der Waals surface area contributed by atoms with Gasteiger partial charge in [-0.05, 0) is 37.1 Å². The number of hydrogen-bond acceptors (Lipinski definition) is 4. The Labute approximate surface area is 197 Å². The van der Waals surface area contributed by atoms with Crippen LogP contribution in [-0.2, 0) is 20.8 Å². The number of aliphatic carboxylic acids is 1. The maximum Gasteiger partial charge on any atom is 0.303 e. The van der Waals surface area contributed by atoms with Crippen LogP contribution in [0.1, 0.15) is 46.3 Å². The van der Waals surface area contributed by atoms with Crippen molar-refractivity contribution < 1.29 is 24.3 Å². The first-order valence-corrected chi connectivity index (χ1v) is 10.9. The van der Waals surface area contributed by atoms with Gasteiger partial charge in [-0.3, -0.25) is 19.2 Å². The average molecular weight is 459 g/mol. The maximum atomic E-state index is 13.2. The summed E-state index contributed by atoms with van der Waals surface area (Å²) >= 11 is 0. The summed E-state index contributed by atoms with van der Waals surface area (Å²) in [6, 6.07) is 21.0. The van der Waals surface area contributed by atoms with E-state index >= 15 is 0 Å². The summed E-state index contributed by atoms with van der Waals surface area (Å²) in [7, 11) is 0. The molecule has 34 heavy (non-hydrogen) atoms. The van der Waals surface area contributed by atoms with Crippen molar-refractivity contribution in [1.29, 1.82) is 0 Å². The fourth-order valence-electron chi connectivity index (χ4n) is 3.37. The fraction of sp³-hybridized carbons (Fsp3) is 0.185. The summed E-state index contributed by atoms with van der Waals surface area (Å²) < 4.78 is 0. The first-order valence-electron chi connectivity index (χ1n) is 10.9. The molecule has 3 aromatic carbocycles. The number of carbonyl (C=O) groups is 4. The van der Waals surface area contributed by atoms with E-state index in [1.54, 1.807) is 42.5 Å². The van der Waals surface area contributed by atoms with Crippen LogP contribution in [0, 0.1) is 6.92 Å². The van der Waals surface area contributed by atoms with Crippen molar-refractivity contribution >= 4 is 34.9 Å². The standard InChI is InChI=1S/C27H26N2O5/c1-18-10-12-19(13-11-18)16-25(31)29-23-15-14-21(28-24(30)8-5-9-26(32)33)17-22(23)27(34)20-6-3-2-4-7-20/h2-4,6-7,10-15,17H,5,8-9,16H2,1H3,(H,28,30)(H,29,31)(H,32,33). The van der Waals surface area contributed by atoms with Crippen molar-refractivity contribution in [2.24, 2.45) is 0 Å². The normalized spacial score (nSPS) is 10.4. The monoisotopic (exact) mass is 458 g/mol. The Balaban J connectivity index is 1.80. The van der Waals surface area contributed by atoms with Crippen molar-refractivity contribution in [3.05, 3.63) is 95.1 Å². The summed E-state index contributed by atoms with van der Waals surface area (Å²) in [6.45, 7) is 1.97. The molecule has 3 rings (SSSR count). The van der Waals surface area contributed by atoms with Gasteiger partial charge in [0.25, 0.3) is 0 Å². The molecule has 0 radical (unpaired) electrons. The first-order chi connectivity index (χ1) is 16.3. The number of nitrogens with one attached hydrogen (secondary N) is 2. The number of benzene rings is 3. The Kier molecular flexibility index (Phi) is 8.29. The summed E-state index contributed by atoms with van der Waals surface area (Å²) in [5.74, 6) is -1.88. The van der Waals surface area contributed by atoms with Crippen LogP contribution < -0.4 is 10.6 Å². The molecule has 174 valence electrons. The lowest BCUT2D eigenvalue weighted by atomic mass is 10.0. The highest BCUT2D eigenvalue weighted by atomic mass is 16.4. The predicted octanol–water partition coefficient (Wildman–Crippen LogP) is 4.60. The van der Waals surface area contributed by atoms with E-state index in [9.17, 15) is 19.2 Å². The van der Waals surface area contributed by atoms with E-state index in [1.807, 2.05) is 31.2 Å². The molecule has 0 aromatic heterocycles. The number of hydrogen-bond donors (Lipinski definition) is 3. The van der Waals surface area contributed by atoms with E-state index < -0.39 is 5.97 Å². The number of carboxylic acid groups (broad SMARTS) is 1. The molecule has 0 saturated carbocycles. The Morgan fingerprint density at radius 1 is 0.794 bits per heavy atom. The molecule has 0 heterocycles. The Morgan fingerprint density at radius 2 is 1.50 bits per heavy atom. The Morgan fingerprint density at radius 3 is 2.18 bits per heavy atom. The van der Waals surface area contributed by atoms with Crippen LogP contribution in [0.4, 0.5) is 11.4 Å². The molecule has 0 unspecified atom stereocenters. The highest BCUT2D eigenvalue weighted by Crippen LogP contribution is 2.24. The van der Waals surface area contributed by atoms with Crippen LogP contribution in [0.25, 0.3) is 0 Å². The van der Waals surface area contributed by atoms with Crippen molar-refractivity contribution in [2.75, 3.05) is 10.6 Å². The average Bonchev–Trinajstić information content (AvgIpc) is 2.81. The number of rotatable bonds is 10. The van der Waals surface area contributed by atoms with Gasteiger partial charge in [-0.15, -0.1) is 0 Å². The van der Waals surface area contributed by atoms with E-state index in [0.29, 0.717) is 16.9 Å². The van der Waals surface area contributed by atoms with Crippen molar-refractivity contribution in [2.45, 2.75) is 32.6 Å². The third-order valence-corrected chi connectivity index (χ3v) is 5.14. The molecule has 0 aliphatic rings. The van der Waals surface area contributed by atoms with Gasteiger partial charge in [-0.25, -0.2) is 0 Å². The molecule has 0 bridgehead atoms. The van der Waals surface area contributed by atoms with E-state index in [4.69, 9.17) is 5.11 Å². The van der Waals surface area contributed by atoms with Gasteiger partial charge >= 0.3 is 5.97 Å².